The minimum atomic E-state index is -4.72. The fourth-order valence-electron chi connectivity index (χ4n) is 4.19. The molecule has 1 unspecified atom stereocenters. The Kier molecular flexibility index (Phi) is 10.1. The van der Waals surface area contributed by atoms with E-state index in [1.165, 1.54) is 33.9 Å². The van der Waals surface area contributed by atoms with E-state index in [0.717, 1.165) is 12.8 Å². The Morgan fingerprint density at radius 3 is 2.44 bits per heavy atom. The zero-order chi connectivity index (χ0) is 28.9. The molecule has 1 aliphatic rings. The summed E-state index contributed by atoms with van der Waals surface area (Å²) in [6.45, 7) is 3.54. The van der Waals surface area contributed by atoms with Gasteiger partial charge in [-0.05, 0) is 38.7 Å². The van der Waals surface area contributed by atoms with E-state index in [-0.39, 0.29) is 11.5 Å². The zero-order valence-corrected chi connectivity index (χ0v) is 22.3. The molecule has 0 saturated carbocycles. The number of phosphoric ester groups is 1. The molecule has 1 fully saturated rings. The lowest BCUT2D eigenvalue weighted by molar-refractivity contribution is -0.138. The number of hydrogen-bond acceptors (Lipinski definition) is 11. The molecule has 3 heterocycles. The fraction of sp³-hybridized carbons (Fsp3) is 0.478. The smallest absolute Gasteiger partial charge is 0.469 e. The number of aliphatic hydroxyl groups excluding tert-OH is 2. The predicted octanol–water partition coefficient (Wildman–Crippen LogP) is 0.175. The number of nitrogens with zero attached hydrogens (tertiary/aromatic N) is 4. The third-order valence-electron chi connectivity index (χ3n) is 5.98. The van der Waals surface area contributed by atoms with Crippen LogP contribution in [0.4, 0.5) is 5.82 Å². The molecular weight excluding hydrogens is 535 g/mol. The summed E-state index contributed by atoms with van der Waals surface area (Å²) in [5.41, 5.74) is 15.4. The Morgan fingerprint density at radius 1 is 1.15 bits per heavy atom. The van der Waals surface area contributed by atoms with Gasteiger partial charge in [0.05, 0.1) is 12.9 Å². The SMILES string of the molecule is Cc1cc(C)cc(CCCC(N)C(=O)O)c1.Nc1ncnc2c1ncn2[C@@H]1O[C@H](COP(=O)(O)O)[C@@H](O)[C@H]1O. The minimum absolute atomic E-state index is 0.142. The van der Waals surface area contributed by atoms with E-state index in [0.29, 0.717) is 11.9 Å². The van der Waals surface area contributed by atoms with Gasteiger partial charge in [-0.2, -0.15) is 0 Å². The Labute approximate surface area is 223 Å². The number of imidazole rings is 1. The van der Waals surface area contributed by atoms with Gasteiger partial charge >= 0.3 is 13.8 Å². The molecule has 0 aliphatic carbocycles. The van der Waals surface area contributed by atoms with Crippen molar-refractivity contribution in [3.05, 3.63) is 47.5 Å². The fourth-order valence-corrected chi connectivity index (χ4v) is 4.53. The van der Waals surface area contributed by atoms with Gasteiger partial charge < -0.3 is 41.3 Å². The summed E-state index contributed by atoms with van der Waals surface area (Å²) in [7, 11) is -4.72. The molecule has 2 aromatic heterocycles. The monoisotopic (exact) mass is 568 g/mol. The number of nitrogens with two attached hydrogens (primary N) is 2. The Hall–Kier alpha value is -3.01. The topological polar surface area (TPSA) is 249 Å². The van der Waals surface area contributed by atoms with Gasteiger partial charge in [-0.15, -0.1) is 0 Å². The quantitative estimate of drug-likeness (QED) is 0.170. The molecule has 4 rings (SSSR count). The minimum Gasteiger partial charge on any atom is -0.480 e. The summed E-state index contributed by atoms with van der Waals surface area (Å²) in [4.78, 5) is 39.7. The van der Waals surface area contributed by atoms with Crippen LogP contribution in [0.5, 0.6) is 0 Å². The molecular formula is C23H33N6O9P. The number of carboxylic acid groups (broad SMARTS) is 1. The molecule has 1 saturated heterocycles. The molecule has 0 amide bonds. The highest BCUT2D eigenvalue weighted by molar-refractivity contribution is 7.46. The first kappa shape index (κ1) is 30.5. The number of fused-ring (bicyclic) bond motifs is 1. The molecule has 5 atom stereocenters. The molecule has 3 aromatic rings. The second kappa shape index (κ2) is 12.9. The standard InChI is InChI=1S/C13H19NO2.C10H14N5O7P/c1-9-6-10(2)8-11(7-9)4-3-5-12(14)13(15)16;11-8-5-9(13-2-12-8)15(3-14-5)10-7(17)6(16)4(22-10)1-21-23(18,19)20/h6-8,12H,3-5,14H2,1-2H3,(H,15,16);2-4,6-7,10,16-17H,1H2,(H2,11,12,13)(H2,18,19,20)/t;4-,6-,7-,10-/m.1/s1. The Bertz CT molecular complexity index is 1310. The molecule has 39 heavy (non-hydrogen) atoms. The van der Waals surface area contributed by atoms with Crippen LogP contribution in [0.15, 0.2) is 30.9 Å². The summed E-state index contributed by atoms with van der Waals surface area (Å²) in [6.07, 6.45) is -0.252. The number of aliphatic carboxylic acids is 1. The van der Waals surface area contributed by atoms with Gasteiger partial charge in [-0.25, -0.2) is 19.5 Å². The van der Waals surface area contributed by atoms with Crippen molar-refractivity contribution in [1.82, 2.24) is 19.5 Å². The number of aromatic nitrogens is 4. The van der Waals surface area contributed by atoms with E-state index >= 15 is 0 Å². The van der Waals surface area contributed by atoms with Crippen molar-refractivity contribution in [3.63, 3.8) is 0 Å². The third-order valence-corrected chi connectivity index (χ3v) is 6.47. The first-order valence-corrected chi connectivity index (χ1v) is 13.5. The number of carboxylic acids is 1. The summed E-state index contributed by atoms with van der Waals surface area (Å²) < 4.78 is 21.8. The molecule has 0 radical (unpaired) electrons. The largest absolute Gasteiger partial charge is 0.480 e. The Balaban J connectivity index is 0.000000231. The summed E-state index contributed by atoms with van der Waals surface area (Å²) >= 11 is 0. The van der Waals surface area contributed by atoms with Crippen molar-refractivity contribution < 1.29 is 43.7 Å². The van der Waals surface area contributed by atoms with E-state index in [9.17, 15) is 19.6 Å². The molecule has 16 heteroatoms. The van der Waals surface area contributed by atoms with Gasteiger partial charge in [-0.3, -0.25) is 13.9 Å². The second-order valence-corrected chi connectivity index (χ2v) is 10.5. The number of carbonyl (C=O) groups is 1. The van der Waals surface area contributed by atoms with Gasteiger partial charge in [0.2, 0.25) is 0 Å². The highest BCUT2D eigenvalue weighted by Crippen LogP contribution is 2.38. The number of ether oxygens (including phenoxy) is 1. The summed E-state index contributed by atoms with van der Waals surface area (Å²) in [5.74, 6) is -0.774. The van der Waals surface area contributed by atoms with Crippen molar-refractivity contribution in [2.24, 2.45) is 5.73 Å². The highest BCUT2D eigenvalue weighted by Gasteiger charge is 2.45. The van der Waals surface area contributed by atoms with Crippen LogP contribution in [0.1, 0.15) is 35.8 Å². The predicted molar refractivity (Wildman–Crippen MR) is 138 cm³/mol. The van der Waals surface area contributed by atoms with Crippen LogP contribution < -0.4 is 11.5 Å². The van der Waals surface area contributed by atoms with Gasteiger partial charge in [0.1, 0.15) is 36.2 Å². The van der Waals surface area contributed by atoms with E-state index in [1.807, 2.05) is 0 Å². The van der Waals surface area contributed by atoms with Crippen molar-refractivity contribution in [3.8, 4) is 0 Å². The second-order valence-electron chi connectivity index (χ2n) is 9.25. The number of nitrogen functional groups attached to an aromatic ring is 1. The number of aliphatic hydroxyl groups is 2. The normalized spacial score (nSPS) is 21.9. The lowest BCUT2D eigenvalue weighted by Gasteiger charge is -2.16. The number of rotatable bonds is 9. The number of anilines is 1. The molecule has 1 aliphatic heterocycles. The Morgan fingerprint density at radius 2 is 1.82 bits per heavy atom. The maximum atomic E-state index is 10.7. The van der Waals surface area contributed by atoms with E-state index < -0.39 is 51.0 Å². The van der Waals surface area contributed by atoms with Crippen molar-refractivity contribution in [2.75, 3.05) is 12.3 Å². The molecule has 0 spiro atoms. The third kappa shape index (κ3) is 8.24. The summed E-state index contributed by atoms with van der Waals surface area (Å²) in [6, 6.07) is 5.68. The van der Waals surface area contributed by atoms with Crippen LogP contribution in [0.2, 0.25) is 0 Å². The molecule has 1 aromatic carbocycles. The van der Waals surface area contributed by atoms with Gasteiger partial charge in [-0.1, -0.05) is 29.3 Å². The van der Waals surface area contributed by atoms with E-state index in [4.69, 9.17) is 31.1 Å². The van der Waals surface area contributed by atoms with Crippen molar-refractivity contribution in [2.45, 2.75) is 63.7 Å². The van der Waals surface area contributed by atoms with Crippen molar-refractivity contribution >= 4 is 30.8 Å². The zero-order valence-electron chi connectivity index (χ0n) is 21.4. The van der Waals surface area contributed by atoms with Crippen LogP contribution in [0.3, 0.4) is 0 Å². The first-order chi connectivity index (χ1) is 18.3. The number of benzene rings is 1. The van der Waals surface area contributed by atoms with Gasteiger partial charge in [0.15, 0.2) is 17.7 Å². The number of hydrogen-bond donors (Lipinski definition) is 7. The number of aryl methyl sites for hydroxylation is 3. The van der Waals surface area contributed by atoms with Crippen LogP contribution in [0, 0.1) is 13.8 Å². The molecule has 214 valence electrons. The van der Waals surface area contributed by atoms with Crippen LogP contribution in [0.25, 0.3) is 11.2 Å². The molecule has 9 N–H and O–H groups in total. The maximum absolute atomic E-state index is 10.7. The van der Waals surface area contributed by atoms with Crippen LogP contribution >= 0.6 is 7.82 Å². The average Bonchev–Trinajstić information content (AvgIpc) is 3.39. The van der Waals surface area contributed by atoms with E-state index in [2.05, 4.69) is 51.5 Å². The van der Waals surface area contributed by atoms with Crippen molar-refractivity contribution in [1.29, 1.82) is 0 Å². The molecule has 0 bridgehead atoms. The first-order valence-electron chi connectivity index (χ1n) is 12.0. The van der Waals surface area contributed by atoms with Gasteiger partial charge in [0.25, 0.3) is 0 Å². The highest BCUT2D eigenvalue weighted by atomic mass is 31.2. The van der Waals surface area contributed by atoms with Gasteiger partial charge in [0, 0.05) is 0 Å². The lowest BCUT2D eigenvalue weighted by Crippen LogP contribution is -2.33. The summed E-state index contributed by atoms with van der Waals surface area (Å²) in [5, 5.41) is 28.7. The molecule has 15 nitrogen and oxygen atoms in total. The average molecular weight is 569 g/mol. The van der Waals surface area contributed by atoms with E-state index in [1.54, 1.807) is 0 Å². The van der Waals surface area contributed by atoms with Crippen LogP contribution in [-0.2, 0) is 25.0 Å². The lowest BCUT2D eigenvalue weighted by atomic mass is 10.0. The van der Waals surface area contributed by atoms with Crippen LogP contribution in [-0.4, -0.2) is 81.6 Å². The maximum Gasteiger partial charge on any atom is 0.469 e. The number of phosphoric acid groups is 1.